The van der Waals surface area contributed by atoms with E-state index >= 15 is 0 Å². The summed E-state index contributed by atoms with van der Waals surface area (Å²) in [4.78, 5) is 32.3. The summed E-state index contributed by atoms with van der Waals surface area (Å²) in [6.07, 6.45) is 4.13. The molecule has 0 atom stereocenters. The van der Waals surface area contributed by atoms with Crippen molar-refractivity contribution in [2.45, 2.75) is 25.7 Å². The van der Waals surface area contributed by atoms with Crippen molar-refractivity contribution in [3.8, 4) is 0 Å². The number of carbonyl (C=O) groups excluding carboxylic acids is 2. The monoisotopic (exact) mass is 478 g/mol. The van der Waals surface area contributed by atoms with Gasteiger partial charge in [0.2, 0.25) is 11.5 Å². The summed E-state index contributed by atoms with van der Waals surface area (Å²) in [6.45, 7) is 2.11. The molecule has 6 rings (SSSR count). The van der Waals surface area contributed by atoms with E-state index < -0.39 is 5.91 Å². The van der Waals surface area contributed by atoms with E-state index in [1.807, 2.05) is 36.4 Å². The first-order valence-corrected chi connectivity index (χ1v) is 12.3. The van der Waals surface area contributed by atoms with Crippen LogP contribution in [0.2, 0.25) is 0 Å². The van der Waals surface area contributed by atoms with Gasteiger partial charge in [-0.1, -0.05) is 24.3 Å². The number of hydrogen-bond donors (Lipinski definition) is 2. The number of carbonyl (C=O) groups is 2. The molecule has 2 aliphatic rings. The second-order valence-electron chi connectivity index (χ2n) is 9.29. The maximum atomic E-state index is 13.4. The molecule has 2 amide bonds. The van der Waals surface area contributed by atoms with Gasteiger partial charge in [0, 0.05) is 41.0 Å². The lowest BCUT2D eigenvalue weighted by atomic mass is 9.90. The summed E-state index contributed by atoms with van der Waals surface area (Å²) in [5.41, 5.74) is 12.0. The number of fused-ring (bicyclic) bond motifs is 2. The number of aryl methyl sites for hydroxylation is 2. The molecule has 0 fully saturated rings. The van der Waals surface area contributed by atoms with Crippen molar-refractivity contribution in [1.29, 1.82) is 0 Å². The highest BCUT2D eigenvalue weighted by Crippen LogP contribution is 2.39. The average Bonchev–Trinajstić information content (AvgIpc) is 2.90. The number of rotatable bonds is 4. The molecule has 0 spiro atoms. The number of primary amides is 1. The first kappa shape index (κ1) is 22.1. The number of hydrogen-bond acceptors (Lipinski definition) is 5. The molecule has 3 N–H and O–H groups in total. The fourth-order valence-corrected chi connectivity index (χ4v) is 5.26. The molecule has 0 bridgehead atoms. The molecule has 2 aliphatic heterocycles. The zero-order valence-electron chi connectivity index (χ0n) is 19.8. The molecule has 4 aromatic rings. The summed E-state index contributed by atoms with van der Waals surface area (Å²) < 4.78 is 6.46. The van der Waals surface area contributed by atoms with Crippen molar-refractivity contribution in [3.05, 3.63) is 94.5 Å². The van der Waals surface area contributed by atoms with E-state index in [1.54, 1.807) is 24.3 Å². The average molecular weight is 479 g/mol. The van der Waals surface area contributed by atoms with Gasteiger partial charge in [-0.3, -0.25) is 9.59 Å². The van der Waals surface area contributed by atoms with Gasteiger partial charge in [-0.15, -0.1) is 0 Å². The molecule has 1 aromatic heterocycles. The van der Waals surface area contributed by atoms with E-state index in [0.717, 1.165) is 49.7 Å². The number of amides is 2. The largest absolute Gasteiger partial charge is 0.437 e. The highest BCUT2D eigenvalue weighted by Gasteiger charge is 2.27. The molecule has 0 aliphatic carbocycles. The van der Waals surface area contributed by atoms with Crippen LogP contribution < -0.4 is 21.5 Å². The Labute approximate surface area is 208 Å². The SMILES string of the molecule is NC(=O)c1cccc(N=c2oc3c4c5c(cc3cc2C(=O)Nc2ccccc2)CCCN5CCC4)c1. The van der Waals surface area contributed by atoms with Gasteiger partial charge < -0.3 is 20.4 Å². The van der Waals surface area contributed by atoms with E-state index in [1.165, 1.54) is 16.8 Å². The maximum Gasteiger partial charge on any atom is 0.261 e. The Morgan fingerprint density at radius 3 is 2.56 bits per heavy atom. The first-order valence-electron chi connectivity index (χ1n) is 12.3. The summed E-state index contributed by atoms with van der Waals surface area (Å²) in [6, 6.07) is 20.0. The molecule has 180 valence electrons. The second-order valence-corrected chi connectivity index (χ2v) is 9.29. The third-order valence-corrected chi connectivity index (χ3v) is 6.87. The van der Waals surface area contributed by atoms with Crippen molar-refractivity contribution in [3.63, 3.8) is 0 Å². The fourth-order valence-electron chi connectivity index (χ4n) is 5.26. The molecule has 3 aromatic carbocycles. The van der Waals surface area contributed by atoms with Crippen LogP contribution in [-0.4, -0.2) is 24.9 Å². The minimum atomic E-state index is -0.541. The summed E-state index contributed by atoms with van der Waals surface area (Å²) in [7, 11) is 0. The van der Waals surface area contributed by atoms with Crippen LogP contribution in [0, 0.1) is 0 Å². The van der Waals surface area contributed by atoms with Crippen molar-refractivity contribution in [2.75, 3.05) is 23.3 Å². The Hall–Kier alpha value is -4.39. The van der Waals surface area contributed by atoms with Crippen LogP contribution >= 0.6 is 0 Å². The summed E-state index contributed by atoms with van der Waals surface area (Å²) >= 11 is 0. The molecule has 0 unspecified atom stereocenters. The van der Waals surface area contributed by atoms with Crippen LogP contribution in [0.4, 0.5) is 17.1 Å². The summed E-state index contributed by atoms with van der Waals surface area (Å²) in [5.74, 6) is -0.856. The molecule has 0 saturated carbocycles. The fraction of sp³-hybridized carbons (Fsp3) is 0.207. The van der Waals surface area contributed by atoms with E-state index in [-0.39, 0.29) is 11.5 Å². The van der Waals surface area contributed by atoms with Crippen LogP contribution in [0.15, 0.2) is 76.1 Å². The number of nitrogens with two attached hydrogens (primary N) is 1. The molecule has 0 radical (unpaired) electrons. The molecular formula is C29H26N4O3. The standard InChI is InChI=1S/C29H26N4O3/c30-27(34)19-7-4-11-22(16-19)32-29-24(28(35)31-21-9-2-1-3-10-21)17-20-15-18-8-5-13-33-14-6-12-23(25(18)33)26(20)36-29/h1-4,7,9-11,15-17H,5-6,8,12-14H2,(H2,30,34)(H,31,35). The van der Waals surface area contributed by atoms with Crippen molar-refractivity contribution in [1.82, 2.24) is 0 Å². The van der Waals surface area contributed by atoms with Gasteiger partial charge in [0.25, 0.3) is 5.91 Å². The van der Waals surface area contributed by atoms with Crippen molar-refractivity contribution in [2.24, 2.45) is 10.7 Å². The normalized spacial score (nSPS) is 15.0. The second kappa shape index (κ2) is 9.00. The quantitative estimate of drug-likeness (QED) is 0.443. The molecular weight excluding hydrogens is 452 g/mol. The van der Waals surface area contributed by atoms with Crippen LogP contribution in [0.1, 0.15) is 44.7 Å². The molecule has 36 heavy (non-hydrogen) atoms. The Balaban J connectivity index is 1.57. The zero-order valence-corrected chi connectivity index (χ0v) is 19.8. The lowest BCUT2D eigenvalue weighted by Crippen LogP contribution is -2.34. The Morgan fingerprint density at radius 2 is 1.75 bits per heavy atom. The Kier molecular flexibility index (Phi) is 5.52. The smallest absolute Gasteiger partial charge is 0.261 e. The minimum Gasteiger partial charge on any atom is -0.437 e. The number of anilines is 2. The topological polar surface area (TPSA) is 101 Å². The lowest BCUT2D eigenvalue weighted by Gasteiger charge is -2.37. The minimum absolute atomic E-state index is 0.196. The van der Waals surface area contributed by atoms with Crippen molar-refractivity contribution >= 4 is 39.8 Å². The van der Waals surface area contributed by atoms with Gasteiger partial charge in [0.15, 0.2) is 0 Å². The molecule has 0 saturated heterocycles. The summed E-state index contributed by atoms with van der Waals surface area (Å²) in [5, 5.41) is 3.85. The Bertz CT molecular complexity index is 1570. The highest BCUT2D eigenvalue weighted by molar-refractivity contribution is 6.06. The van der Waals surface area contributed by atoms with Crippen molar-refractivity contribution < 1.29 is 14.0 Å². The predicted molar refractivity (Wildman–Crippen MR) is 140 cm³/mol. The predicted octanol–water partition coefficient (Wildman–Crippen LogP) is 4.72. The third-order valence-electron chi connectivity index (χ3n) is 6.87. The van der Waals surface area contributed by atoms with Crippen LogP contribution in [0.5, 0.6) is 0 Å². The van der Waals surface area contributed by atoms with Gasteiger partial charge in [0.1, 0.15) is 11.1 Å². The number of nitrogens with one attached hydrogen (secondary N) is 1. The number of nitrogens with zero attached hydrogens (tertiary/aromatic N) is 2. The number of benzene rings is 3. The van der Waals surface area contributed by atoms with E-state index in [9.17, 15) is 9.59 Å². The highest BCUT2D eigenvalue weighted by atomic mass is 16.3. The van der Waals surface area contributed by atoms with Gasteiger partial charge in [-0.2, -0.15) is 0 Å². The van der Waals surface area contributed by atoms with E-state index in [0.29, 0.717) is 22.5 Å². The molecule has 7 nitrogen and oxygen atoms in total. The zero-order chi connectivity index (χ0) is 24.6. The van der Waals surface area contributed by atoms with Crippen LogP contribution in [-0.2, 0) is 12.8 Å². The third kappa shape index (κ3) is 4.02. The van der Waals surface area contributed by atoms with Gasteiger partial charge >= 0.3 is 0 Å². The van der Waals surface area contributed by atoms with E-state index in [2.05, 4.69) is 21.3 Å². The molecule has 3 heterocycles. The van der Waals surface area contributed by atoms with Gasteiger partial charge in [0.05, 0.1) is 5.69 Å². The van der Waals surface area contributed by atoms with Gasteiger partial charge in [-0.25, -0.2) is 4.99 Å². The number of para-hydroxylation sites is 1. The van der Waals surface area contributed by atoms with Crippen LogP contribution in [0.25, 0.3) is 11.0 Å². The first-order chi connectivity index (χ1) is 17.6. The maximum absolute atomic E-state index is 13.4. The van der Waals surface area contributed by atoms with Gasteiger partial charge in [-0.05, 0) is 73.7 Å². The van der Waals surface area contributed by atoms with E-state index in [4.69, 9.17) is 10.2 Å². The Morgan fingerprint density at radius 1 is 0.944 bits per heavy atom. The van der Waals surface area contributed by atoms with Crippen LogP contribution in [0.3, 0.4) is 0 Å². The molecule has 7 heteroatoms. The lowest BCUT2D eigenvalue weighted by molar-refractivity contribution is 0.0997.